The van der Waals surface area contributed by atoms with Gasteiger partial charge in [-0.05, 0) is 12.1 Å². The van der Waals surface area contributed by atoms with Gasteiger partial charge in [-0.2, -0.15) is 0 Å². The number of aromatic carboxylic acids is 1. The van der Waals surface area contributed by atoms with E-state index in [-0.39, 0.29) is 28.8 Å². The molecule has 1 heterocycles. The molecule has 106 valence electrons. The minimum atomic E-state index is -3.92. The van der Waals surface area contributed by atoms with Gasteiger partial charge < -0.3 is 14.3 Å². The van der Waals surface area contributed by atoms with Crippen molar-refractivity contribution >= 4 is 16.0 Å². The van der Waals surface area contributed by atoms with Crippen LogP contribution in [0.4, 0.5) is 0 Å². The number of hydrogen-bond donors (Lipinski definition) is 2. The van der Waals surface area contributed by atoms with Gasteiger partial charge in [-0.25, -0.2) is 23.3 Å². The Bertz CT molecular complexity index is 737. The third-order valence-electron chi connectivity index (χ3n) is 2.28. The number of rotatable bonds is 5. The average molecular weight is 298 g/mol. The number of carboxylic acids is 1. The maximum absolute atomic E-state index is 11.3. The molecule has 0 atom stereocenters. The van der Waals surface area contributed by atoms with Crippen LogP contribution >= 0.6 is 0 Å². The summed E-state index contributed by atoms with van der Waals surface area (Å²) in [5.41, 5.74) is -0.261. The maximum Gasteiger partial charge on any atom is 0.357 e. The second kappa shape index (κ2) is 5.31. The lowest BCUT2D eigenvalue weighted by Crippen LogP contribution is -2.13. The fourth-order valence-corrected chi connectivity index (χ4v) is 2.09. The van der Waals surface area contributed by atoms with Crippen LogP contribution in [0.3, 0.4) is 0 Å². The van der Waals surface area contributed by atoms with Crippen LogP contribution < -0.4 is 9.88 Å². The van der Waals surface area contributed by atoms with Crippen LogP contribution in [-0.2, 0) is 16.6 Å². The van der Waals surface area contributed by atoms with Crippen LogP contribution in [0.1, 0.15) is 16.4 Å². The van der Waals surface area contributed by atoms with E-state index < -0.39 is 16.0 Å². The number of para-hydroxylation sites is 1. The van der Waals surface area contributed by atoms with Gasteiger partial charge in [0.2, 0.25) is 15.9 Å². The fourth-order valence-electron chi connectivity index (χ4n) is 1.42. The minimum Gasteiger partial charge on any atom is -0.482 e. The number of aromatic nitrogens is 1. The van der Waals surface area contributed by atoms with Gasteiger partial charge in [-0.1, -0.05) is 12.1 Å². The molecule has 0 unspecified atom stereocenters. The van der Waals surface area contributed by atoms with Gasteiger partial charge in [0.05, 0.1) is 0 Å². The lowest BCUT2D eigenvalue weighted by molar-refractivity contribution is 0.0690. The zero-order valence-electron chi connectivity index (χ0n) is 10.0. The summed E-state index contributed by atoms with van der Waals surface area (Å²) >= 11 is 0. The highest BCUT2D eigenvalue weighted by molar-refractivity contribution is 7.89. The molecule has 3 N–H and O–H groups in total. The van der Waals surface area contributed by atoms with Gasteiger partial charge in [0.1, 0.15) is 16.9 Å². The van der Waals surface area contributed by atoms with Crippen LogP contribution in [0, 0.1) is 0 Å². The van der Waals surface area contributed by atoms with E-state index in [2.05, 4.69) is 4.98 Å². The Balaban J connectivity index is 2.17. The molecule has 1 aromatic carbocycles. The van der Waals surface area contributed by atoms with E-state index in [4.69, 9.17) is 19.4 Å². The molecular formula is C11H10N2O6S. The molecule has 9 heteroatoms. The molecule has 2 rings (SSSR count). The van der Waals surface area contributed by atoms with E-state index in [1.807, 2.05) is 0 Å². The van der Waals surface area contributed by atoms with Crippen molar-refractivity contribution in [3.8, 4) is 5.75 Å². The van der Waals surface area contributed by atoms with E-state index in [0.717, 1.165) is 6.26 Å². The Labute approximate surface area is 113 Å². The second-order valence-electron chi connectivity index (χ2n) is 3.71. The molecule has 0 aliphatic heterocycles. The summed E-state index contributed by atoms with van der Waals surface area (Å²) in [4.78, 5) is 14.1. The molecule has 0 amide bonds. The molecule has 8 nitrogen and oxygen atoms in total. The molecular weight excluding hydrogens is 288 g/mol. The standard InChI is InChI=1S/C11H10N2O6S/c12-20(16,17)9-4-2-1-3-8(9)18-6-10-13-7(5-19-10)11(14)15/h1-5H,6H2,(H,14,15)(H2,12,16,17). The topological polar surface area (TPSA) is 133 Å². The highest BCUT2D eigenvalue weighted by Gasteiger charge is 2.16. The van der Waals surface area contributed by atoms with E-state index in [1.54, 1.807) is 6.07 Å². The second-order valence-corrected chi connectivity index (χ2v) is 5.24. The van der Waals surface area contributed by atoms with E-state index in [1.165, 1.54) is 18.2 Å². The van der Waals surface area contributed by atoms with Crippen molar-refractivity contribution in [2.75, 3.05) is 0 Å². The molecule has 0 bridgehead atoms. The zero-order valence-corrected chi connectivity index (χ0v) is 10.8. The number of sulfonamides is 1. The molecule has 20 heavy (non-hydrogen) atoms. The number of ether oxygens (including phenoxy) is 1. The summed E-state index contributed by atoms with van der Waals surface area (Å²) in [6.45, 7) is -0.222. The smallest absolute Gasteiger partial charge is 0.357 e. The van der Waals surface area contributed by atoms with E-state index >= 15 is 0 Å². The normalized spacial score (nSPS) is 11.2. The summed E-state index contributed by atoms with van der Waals surface area (Å²) in [6.07, 6.45) is 0.965. The Morgan fingerprint density at radius 3 is 2.70 bits per heavy atom. The number of primary sulfonamides is 1. The third kappa shape index (κ3) is 3.13. The lowest BCUT2D eigenvalue weighted by Gasteiger charge is -2.07. The Morgan fingerprint density at radius 2 is 2.10 bits per heavy atom. The molecule has 0 fully saturated rings. The van der Waals surface area contributed by atoms with Gasteiger partial charge in [-0.15, -0.1) is 0 Å². The number of nitrogens with zero attached hydrogens (tertiary/aromatic N) is 1. The largest absolute Gasteiger partial charge is 0.482 e. The van der Waals surface area contributed by atoms with Gasteiger partial charge in [0, 0.05) is 0 Å². The SMILES string of the molecule is NS(=O)(=O)c1ccccc1OCc1nc(C(=O)O)co1. The van der Waals surface area contributed by atoms with E-state index in [0.29, 0.717) is 0 Å². The molecule has 1 aromatic heterocycles. The first-order valence-electron chi connectivity index (χ1n) is 5.30. The monoisotopic (exact) mass is 298 g/mol. The number of benzene rings is 1. The van der Waals surface area contributed by atoms with Gasteiger partial charge in [0.15, 0.2) is 12.3 Å². The van der Waals surface area contributed by atoms with Crippen LogP contribution in [0.25, 0.3) is 0 Å². The van der Waals surface area contributed by atoms with Crippen LogP contribution in [-0.4, -0.2) is 24.5 Å². The van der Waals surface area contributed by atoms with Crippen molar-refractivity contribution in [2.24, 2.45) is 5.14 Å². The molecule has 0 saturated carbocycles. The minimum absolute atomic E-state index is 0.00613. The zero-order chi connectivity index (χ0) is 14.8. The van der Waals surface area contributed by atoms with Crippen molar-refractivity contribution in [3.05, 3.63) is 42.1 Å². The molecule has 0 spiro atoms. The third-order valence-corrected chi connectivity index (χ3v) is 3.23. The Kier molecular flexibility index (Phi) is 3.72. The molecule has 0 aliphatic carbocycles. The van der Waals surface area contributed by atoms with Gasteiger partial charge in [-0.3, -0.25) is 0 Å². The fraction of sp³-hybridized carbons (Fsp3) is 0.0909. The summed E-state index contributed by atoms with van der Waals surface area (Å²) in [6, 6.07) is 5.78. The van der Waals surface area contributed by atoms with Crippen molar-refractivity contribution < 1.29 is 27.5 Å². The first kappa shape index (κ1) is 14.0. The van der Waals surface area contributed by atoms with Crippen molar-refractivity contribution in [2.45, 2.75) is 11.5 Å². The van der Waals surface area contributed by atoms with Gasteiger partial charge >= 0.3 is 5.97 Å². The van der Waals surface area contributed by atoms with Gasteiger partial charge in [0.25, 0.3) is 0 Å². The van der Waals surface area contributed by atoms with Crippen LogP contribution in [0.2, 0.25) is 0 Å². The summed E-state index contributed by atoms with van der Waals surface area (Å²) in [7, 11) is -3.92. The summed E-state index contributed by atoms with van der Waals surface area (Å²) in [5, 5.41) is 13.7. The number of hydrogen-bond acceptors (Lipinski definition) is 6. The highest BCUT2D eigenvalue weighted by atomic mass is 32.2. The molecule has 0 saturated heterocycles. The number of nitrogens with two attached hydrogens (primary N) is 1. The van der Waals surface area contributed by atoms with Crippen molar-refractivity contribution in [1.82, 2.24) is 4.98 Å². The van der Waals surface area contributed by atoms with Crippen LogP contribution in [0.15, 0.2) is 39.8 Å². The predicted octanol–water partition coefficient (Wildman–Crippen LogP) is 0.599. The highest BCUT2D eigenvalue weighted by Crippen LogP contribution is 2.22. The lowest BCUT2D eigenvalue weighted by atomic mass is 10.3. The van der Waals surface area contributed by atoms with Crippen molar-refractivity contribution in [1.29, 1.82) is 0 Å². The van der Waals surface area contributed by atoms with Crippen LogP contribution in [0.5, 0.6) is 5.75 Å². The Hall–Kier alpha value is -2.39. The Morgan fingerprint density at radius 1 is 1.40 bits per heavy atom. The number of oxazole rings is 1. The predicted molar refractivity (Wildman–Crippen MR) is 65.6 cm³/mol. The molecule has 0 radical (unpaired) electrons. The summed E-state index contributed by atoms with van der Waals surface area (Å²) in [5.74, 6) is -1.19. The molecule has 2 aromatic rings. The maximum atomic E-state index is 11.3. The first-order chi connectivity index (χ1) is 9.38. The van der Waals surface area contributed by atoms with E-state index in [9.17, 15) is 13.2 Å². The molecule has 0 aliphatic rings. The quantitative estimate of drug-likeness (QED) is 0.825. The first-order valence-corrected chi connectivity index (χ1v) is 6.85. The number of carbonyl (C=O) groups is 1. The average Bonchev–Trinajstić information content (AvgIpc) is 2.84. The summed E-state index contributed by atoms with van der Waals surface area (Å²) < 4.78 is 32.8. The van der Waals surface area contributed by atoms with Crippen molar-refractivity contribution in [3.63, 3.8) is 0 Å². The number of carboxylic acid groups (broad SMARTS) is 1.